The summed E-state index contributed by atoms with van der Waals surface area (Å²) in [6.07, 6.45) is 0. The van der Waals surface area contributed by atoms with Crippen LogP contribution in [0.2, 0.25) is 0 Å². The summed E-state index contributed by atoms with van der Waals surface area (Å²) in [6, 6.07) is 3.05. The van der Waals surface area contributed by atoms with Crippen molar-refractivity contribution in [3.63, 3.8) is 0 Å². The van der Waals surface area contributed by atoms with Crippen molar-refractivity contribution in [2.75, 3.05) is 14.2 Å². The molecule has 1 atom stereocenters. The molecule has 6 heteroatoms. The van der Waals surface area contributed by atoms with Crippen molar-refractivity contribution < 1.29 is 9.47 Å². The number of ether oxygens (including phenoxy) is 2. The van der Waals surface area contributed by atoms with E-state index in [9.17, 15) is 0 Å². The summed E-state index contributed by atoms with van der Waals surface area (Å²) < 4.78 is 11.2. The van der Waals surface area contributed by atoms with Crippen molar-refractivity contribution in [1.82, 2.24) is 0 Å². The molecule has 1 aromatic carbocycles. The molecule has 0 bridgehead atoms. The maximum absolute atomic E-state index is 6.03. The fourth-order valence-electron chi connectivity index (χ4n) is 1.44. The van der Waals surface area contributed by atoms with E-state index in [1.807, 2.05) is 0 Å². The Morgan fingerprint density at radius 2 is 1.76 bits per heavy atom. The van der Waals surface area contributed by atoms with E-state index in [-0.39, 0.29) is 0 Å². The Morgan fingerprint density at radius 3 is 2.18 bits per heavy atom. The van der Waals surface area contributed by atoms with Gasteiger partial charge in [-0.25, -0.2) is 0 Å². The highest BCUT2D eigenvalue weighted by Crippen LogP contribution is 2.37. The number of benzene rings is 1. The van der Waals surface area contributed by atoms with Crippen molar-refractivity contribution in [3.8, 4) is 11.5 Å². The average Bonchev–Trinajstić information content (AvgIpc) is 2.27. The van der Waals surface area contributed by atoms with Crippen molar-refractivity contribution >= 4 is 31.6 Å². The van der Waals surface area contributed by atoms with Crippen LogP contribution in [0.4, 0.5) is 0 Å². The Kier molecular flexibility index (Phi) is 4.55. The van der Waals surface area contributed by atoms with Gasteiger partial charge in [-0.05, 0) is 39.7 Å². The number of hydrogen-bond acceptors (Lipinski definition) is 3. The molecule has 88 valence electrons. The first-order valence-electron chi connectivity index (χ1n) is 5.10. The predicted molar refractivity (Wildman–Crippen MR) is 74.1 cm³/mol. The van der Waals surface area contributed by atoms with E-state index in [0.717, 1.165) is 4.47 Å². The van der Waals surface area contributed by atoms with Crippen LogP contribution < -0.4 is 15.2 Å². The molecule has 0 saturated heterocycles. The van der Waals surface area contributed by atoms with Gasteiger partial charge in [0.05, 0.1) is 34.4 Å². The van der Waals surface area contributed by atoms with Crippen molar-refractivity contribution in [1.29, 1.82) is 0 Å². The van der Waals surface area contributed by atoms with Gasteiger partial charge in [-0.1, -0.05) is 12.1 Å². The fourth-order valence-corrected chi connectivity index (χ4v) is 1.93. The highest BCUT2D eigenvalue weighted by Gasteiger charge is 2.28. The minimum atomic E-state index is -1.18. The summed E-state index contributed by atoms with van der Waals surface area (Å²) in [5.74, 6) is 1.20. The van der Waals surface area contributed by atoms with E-state index in [0.29, 0.717) is 17.1 Å². The number of nitrogens with two attached hydrogens (primary N) is 1. The van der Waals surface area contributed by atoms with Crippen LogP contribution >= 0.6 is 15.9 Å². The molecule has 0 aliphatic rings. The van der Waals surface area contributed by atoms with Crippen LogP contribution in [0.15, 0.2) is 16.6 Å². The van der Waals surface area contributed by atoms with Gasteiger partial charge in [0, 0.05) is 0 Å². The zero-order valence-corrected chi connectivity index (χ0v) is 11.7. The molecular formula is C11H14B2BrNO2. The third-order valence-electron chi connectivity index (χ3n) is 2.69. The molecule has 17 heavy (non-hydrogen) atoms. The Labute approximate surface area is 113 Å². The number of methoxy groups -OCH3 is 2. The standard InChI is InChI=1S/C11H14B2BrNO2/c1-6(15)11(12,13)7-4-10(17-3)8(14)5-9(7)16-2/h4-6H,15H2,1-3H3. The second-order valence-corrected chi connectivity index (χ2v) is 4.76. The zero-order valence-electron chi connectivity index (χ0n) is 10.2. The molecule has 0 aromatic heterocycles. The lowest BCUT2D eigenvalue weighted by Crippen LogP contribution is -2.44. The van der Waals surface area contributed by atoms with Crippen molar-refractivity contribution in [2.45, 2.75) is 18.2 Å². The maximum Gasteiger partial charge on any atom is 0.133 e. The van der Waals surface area contributed by atoms with E-state index >= 15 is 0 Å². The summed E-state index contributed by atoms with van der Waals surface area (Å²) >= 11 is 3.37. The summed E-state index contributed by atoms with van der Waals surface area (Å²) in [6.45, 7) is 1.74. The van der Waals surface area contributed by atoms with E-state index in [2.05, 4.69) is 15.9 Å². The number of halogens is 1. The lowest BCUT2D eigenvalue weighted by Gasteiger charge is -2.32. The Balaban J connectivity index is 3.40. The second kappa shape index (κ2) is 5.36. The molecule has 0 amide bonds. The third-order valence-corrected chi connectivity index (χ3v) is 3.31. The van der Waals surface area contributed by atoms with Crippen LogP contribution in [0.3, 0.4) is 0 Å². The summed E-state index contributed by atoms with van der Waals surface area (Å²) in [4.78, 5) is 0. The number of hydrogen-bond donors (Lipinski definition) is 1. The van der Waals surface area contributed by atoms with Crippen LogP contribution in [0.1, 0.15) is 12.5 Å². The van der Waals surface area contributed by atoms with Gasteiger partial charge in [0.1, 0.15) is 11.5 Å². The first-order chi connectivity index (χ1) is 7.84. The molecule has 2 N–H and O–H groups in total. The molecule has 4 radical (unpaired) electrons. The van der Waals surface area contributed by atoms with Crippen LogP contribution in [0.25, 0.3) is 0 Å². The number of rotatable bonds is 4. The van der Waals surface area contributed by atoms with Gasteiger partial charge in [0.25, 0.3) is 0 Å². The normalized spacial score (nSPS) is 13.2. The summed E-state index contributed by atoms with van der Waals surface area (Å²) in [7, 11) is 15.2. The topological polar surface area (TPSA) is 44.5 Å². The molecule has 0 aliphatic heterocycles. The lowest BCUT2D eigenvalue weighted by atomic mass is 9.47. The largest absolute Gasteiger partial charge is 0.496 e. The second-order valence-electron chi connectivity index (χ2n) is 3.91. The molecule has 0 aliphatic carbocycles. The highest BCUT2D eigenvalue weighted by atomic mass is 79.9. The third kappa shape index (κ3) is 2.80. The SMILES string of the molecule is [B]C([B])(c1cc(OC)c(Br)cc1OC)C(C)N. The minimum Gasteiger partial charge on any atom is -0.496 e. The predicted octanol–water partition coefficient (Wildman–Crippen LogP) is 1.30. The molecule has 1 unspecified atom stereocenters. The van der Waals surface area contributed by atoms with Gasteiger partial charge >= 0.3 is 0 Å². The molecule has 3 nitrogen and oxygen atoms in total. The molecule has 0 spiro atoms. The van der Waals surface area contributed by atoms with Crippen LogP contribution in [-0.4, -0.2) is 36.0 Å². The van der Waals surface area contributed by atoms with Crippen LogP contribution in [-0.2, 0) is 5.21 Å². The Bertz CT molecular complexity index is 411. The van der Waals surface area contributed by atoms with Gasteiger partial charge in [0.2, 0.25) is 0 Å². The van der Waals surface area contributed by atoms with Crippen molar-refractivity contribution in [3.05, 3.63) is 22.2 Å². The first-order valence-corrected chi connectivity index (χ1v) is 5.89. The highest BCUT2D eigenvalue weighted by molar-refractivity contribution is 9.10. The summed E-state index contributed by atoms with van der Waals surface area (Å²) in [5.41, 5.74) is 6.40. The fraction of sp³-hybridized carbons (Fsp3) is 0.455. The van der Waals surface area contributed by atoms with Crippen molar-refractivity contribution in [2.24, 2.45) is 5.73 Å². The monoisotopic (exact) mass is 293 g/mol. The van der Waals surface area contributed by atoms with Gasteiger partial charge in [-0.3, -0.25) is 0 Å². The van der Waals surface area contributed by atoms with E-state index in [1.54, 1.807) is 33.3 Å². The molecule has 0 saturated carbocycles. The first kappa shape index (κ1) is 14.5. The molecule has 1 aromatic rings. The van der Waals surface area contributed by atoms with Gasteiger partial charge in [-0.15, -0.1) is 0 Å². The molecule has 0 fully saturated rings. The molecule has 0 heterocycles. The smallest absolute Gasteiger partial charge is 0.133 e. The van der Waals surface area contributed by atoms with Gasteiger partial charge < -0.3 is 15.2 Å². The average molecular weight is 294 g/mol. The minimum absolute atomic E-state index is 0.428. The van der Waals surface area contributed by atoms with E-state index < -0.39 is 11.3 Å². The van der Waals surface area contributed by atoms with Crippen LogP contribution in [0.5, 0.6) is 11.5 Å². The Morgan fingerprint density at radius 1 is 1.24 bits per heavy atom. The molecular weight excluding hydrogens is 280 g/mol. The van der Waals surface area contributed by atoms with Gasteiger partial charge in [-0.2, -0.15) is 0 Å². The quantitative estimate of drug-likeness (QED) is 0.851. The maximum atomic E-state index is 6.03. The van der Waals surface area contributed by atoms with E-state index in [4.69, 9.17) is 30.9 Å². The Hall–Kier alpha value is -0.610. The van der Waals surface area contributed by atoms with Gasteiger partial charge in [0.15, 0.2) is 0 Å². The molecule has 1 rings (SSSR count). The zero-order chi connectivity index (χ0) is 13.2. The van der Waals surface area contributed by atoms with Crippen LogP contribution in [0, 0.1) is 0 Å². The van der Waals surface area contributed by atoms with E-state index in [1.165, 1.54) is 0 Å². The summed E-state index contributed by atoms with van der Waals surface area (Å²) in [5, 5.41) is -1.18. The lowest BCUT2D eigenvalue weighted by molar-refractivity contribution is 0.393.